The van der Waals surface area contributed by atoms with E-state index in [-0.39, 0.29) is 22.0 Å². The van der Waals surface area contributed by atoms with Crippen LogP contribution in [-0.2, 0) is 15.6 Å². The van der Waals surface area contributed by atoms with E-state index in [0.29, 0.717) is 17.5 Å². The van der Waals surface area contributed by atoms with Crippen LogP contribution in [0, 0.1) is 11.3 Å². The monoisotopic (exact) mass is 395 g/mol. The second kappa shape index (κ2) is 7.71. The SMILES string of the molecule is COc1ccc(C(=O)O)cc1S(=O)(=O)Cc1cc(C#N)ccc1C1=CC=CC1. The molecule has 0 radical (unpaired) electrons. The summed E-state index contributed by atoms with van der Waals surface area (Å²) in [6.45, 7) is 0. The third kappa shape index (κ3) is 3.82. The summed E-state index contributed by atoms with van der Waals surface area (Å²) >= 11 is 0. The van der Waals surface area contributed by atoms with Gasteiger partial charge in [0.2, 0.25) is 0 Å². The fourth-order valence-electron chi connectivity index (χ4n) is 3.08. The normalized spacial score (nSPS) is 13.1. The maximum atomic E-state index is 13.1. The van der Waals surface area contributed by atoms with Crippen molar-refractivity contribution in [3.05, 3.63) is 76.9 Å². The number of hydrogen-bond acceptors (Lipinski definition) is 5. The van der Waals surface area contributed by atoms with E-state index < -0.39 is 15.8 Å². The van der Waals surface area contributed by atoms with Gasteiger partial charge in [-0.2, -0.15) is 5.26 Å². The van der Waals surface area contributed by atoms with Crippen molar-refractivity contribution in [2.45, 2.75) is 17.1 Å². The van der Waals surface area contributed by atoms with Gasteiger partial charge in [0.1, 0.15) is 10.6 Å². The van der Waals surface area contributed by atoms with Crippen LogP contribution in [-0.4, -0.2) is 26.6 Å². The Morgan fingerprint density at radius 3 is 2.64 bits per heavy atom. The number of carboxylic acids is 1. The summed E-state index contributed by atoms with van der Waals surface area (Å²) in [5.74, 6) is -1.53. The van der Waals surface area contributed by atoms with Gasteiger partial charge in [-0.15, -0.1) is 0 Å². The van der Waals surface area contributed by atoms with Crippen LogP contribution in [0.2, 0.25) is 0 Å². The molecule has 2 aromatic rings. The second-order valence-corrected chi connectivity index (χ2v) is 8.20. The van der Waals surface area contributed by atoms with Crippen LogP contribution >= 0.6 is 0 Å². The number of carboxylic acid groups (broad SMARTS) is 1. The molecule has 7 heteroatoms. The van der Waals surface area contributed by atoms with Crippen LogP contribution in [0.3, 0.4) is 0 Å². The standard InChI is InChI=1S/C21H17NO5S/c1-27-19-9-7-16(21(23)24)11-20(19)28(25,26)13-17-10-14(12-22)6-8-18(17)15-4-2-3-5-15/h2-4,6-11H,5,13H2,1H3,(H,23,24). The van der Waals surface area contributed by atoms with Crippen molar-refractivity contribution in [1.29, 1.82) is 5.26 Å². The maximum absolute atomic E-state index is 13.1. The van der Waals surface area contributed by atoms with Crippen molar-refractivity contribution in [2.24, 2.45) is 0 Å². The third-order valence-electron chi connectivity index (χ3n) is 4.44. The molecule has 1 aliphatic carbocycles. The second-order valence-electron chi connectivity index (χ2n) is 6.24. The Hall–Kier alpha value is -3.37. The molecular formula is C21H17NO5S. The first kappa shape index (κ1) is 19.4. The summed E-state index contributed by atoms with van der Waals surface area (Å²) in [4.78, 5) is 11.1. The first-order valence-corrected chi connectivity index (χ1v) is 10.0. The number of benzene rings is 2. The molecule has 2 aromatic carbocycles. The van der Waals surface area contributed by atoms with Crippen LogP contribution in [0.15, 0.2) is 59.5 Å². The summed E-state index contributed by atoms with van der Waals surface area (Å²) in [6, 6.07) is 10.7. The van der Waals surface area contributed by atoms with Crippen molar-refractivity contribution >= 4 is 21.4 Å². The Morgan fingerprint density at radius 2 is 2.04 bits per heavy atom. The molecule has 0 unspecified atom stereocenters. The Kier molecular flexibility index (Phi) is 5.34. The number of aromatic carboxylic acids is 1. The highest BCUT2D eigenvalue weighted by Crippen LogP contribution is 2.32. The molecule has 3 rings (SSSR count). The minimum atomic E-state index is -3.93. The van der Waals surface area contributed by atoms with Crippen molar-refractivity contribution < 1.29 is 23.1 Å². The van der Waals surface area contributed by atoms with E-state index in [2.05, 4.69) is 0 Å². The number of allylic oxidation sites excluding steroid dienone is 4. The predicted molar refractivity (Wildman–Crippen MR) is 104 cm³/mol. The minimum absolute atomic E-state index is 0.0738. The summed E-state index contributed by atoms with van der Waals surface area (Å²) in [7, 11) is -2.61. The average Bonchev–Trinajstić information content (AvgIpc) is 3.21. The molecular weight excluding hydrogens is 378 g/mol. The predicted octanol–water partition coefficient (Wildman–Crippen LogP) is 3.58. The van der Waals surface area contributed by atoms with E-state index in [0.717, 1.165) is 17.2 Å². The lowest BCUT2D eigenvalue weighted by atomic mass is 9.98. The summed E-state index contributed by atoms with van der Waals surface area (Å²) < 4.78 is 31.4. The molecule has 1 aliphatic rings. The average molecular weight is 395 g/mol. The van der Waals surface area contributed by atoms with Crippen LogP contribution in [0.25, 0.3) is 5.57 Å². The molecule has 0 bridgehead atoms. The lowest BCUT2D eigenvalue weighted by Gasteiger charge is -2.14. The Bertz CT molecular complexity index is 1150. The fraction of sp³-hybridized carbons (Fsp3) is 0.143. The number of methoxy groups -OCH3 is 1. The van der Waals surface area contributed by atoms with Gasteiger partial charge in [0.05, 0.1) is 30.1 Å². The number of carbonyl (C=O) groups is 1. The number of sulfone groups is 1. The number of nitriles is 1. The topological polar surface area (TPSA) is 104 Å². The van der Waals surface area contributed by atoms with Crippen molar-refractivity contribution in [2.75, 3.05) is 7.11 Å². The Labute approximate surface area is 162 Å². The van der Waals surface area contributed by atoms with Crippen LogP contribution < -0.4 is 4.74 Å². The molecule has 0 atom stereocenters. The third-order valence-corrected chi connectivity index (χ3v) is 6.12. The number of nitrogens with zero attached hydrogens (tertiary/aromatic N) is 1. The molecule has 28 heavy (non-hydrogen) atoms. The Morgan fingerprint density at radius 1 is 1.25 bits per heavy atom. The van der Waals surface area contributed by atoms with Gasteiger partial charge in [-0.3, -0.25) is 0 Å². The van der Waals surface area contributed by atoms with Crippen LogP contribution in [0.4, 0.5) is 0 Å². The summed E-state index contributed by atoms with van der Waals surface area (Å²) in [5.41, 5.74) is 2.40. The van der Waals surface area contributed by atoms with E-state index in [1.54, 1.807) is 18.2 Å². The fourth-order valence-corrected chi connectivity index (χ4v) is 4.65. The number of hydrogen-bond donors (Lipinski definition) is 1. The molecule has 6 nitrogen and oxygen atoms in total. The molecule has 0 saturated heterocycles. The smallest absolute Gasteiger partial charge is 0.335 e. The maximum Gasteiger partial charge on any atom is 0.335 e. The van der Waals surface area contributed by atoms with Gasteiger partial charge in [0.15, 0.2) is 9.84 Å². The lowest BCUT2D eigenvalue weighted by molar-refractivity contribution is 0.0696. The van der Waals surface area contributed by atoms with Crippen molar-refractivity contribution in [3.8, 4) is 11.8 Å². The molecule has 0 saturated carbocycles. The number of rotatable bonds is 6. The largest absolute Gasteiger partial charge is 0.495 e. The van der Waals surface area contributed by atoms with Crippen molar-refractivity contribution in [3.63, 3.8) is 0 Å². The molecule has 0 spiro atoms. The molecule has 0 aliphatic heterocycles. The highest BCUT2D eigenvalue weighted by Gasteiger charge is 2.24. The lowest BCUT2D eigenvalue weighted by Crippen LogP contribution is -2.10. The van der Waals surface area contributed by atoms with E-state index in [1.807, 2.05) is 24.3 Å². The van der Waals surface area contributed by atoms with E-state index >= 15 is 0 Å². The van der Waals surface area contributed by atoms with Gasteiger partial charge in [-0.1, -0.05) is 24.3 Å². The van der Waals surface area contributed by atoms with Gasteiger partial charge in [0, 0.05) is 0 Å². The molecule has 0 aromatic heterocycles. The number of ether oxygens (including phenoxy) is 1. The van der Waals surface area contributed by atoms with Gasteiger partial charge in [-0.05, 0) is 53.5 Å². The zero-order valence-corrected chi connectivity index (χ0v) is 15.9. The molecule has 0 heterocycles. The van der Waals surface area contributed by atoms with Gasteiger partial charge < -0.3 is 9.84 Å². The zero-order chi connectivity index (χ0) is 20.3. The first-order valence-electron chi connectivity index (χ1n) is 8.39. The van der Waals surface area contributed by atoms with Gasteiger partial charge >= 0.3 is 5.97 Å². The quantitative estimate of drug-likeness (QED) is 0.802. The van der Waals surface area contributed by atoms with Gasteiger partial charge in [0.25, 0.3) is 0 Å². The highest BCUT2D eigenvalue weighted by atomic mass is 32.2. The van der Waals surface area contributed by atoms with Crippen LogP contribution in [0.5, 0.6) is 5.75 Å². The van der Waals surface area contributed by atoms with Crippen LogP contribution in [0.1, 0.15) is 33.5 Å². The Balaban J connectivity index is 2.09. The van der Waals surface area contributed by atoms with Crippen molar-refractivity contribution in [1.82, 2.24) is 0 Å². The molecule has 0 amide bonds. The summed E-state index contributed by atoms with van der Waals surface area (Å²) in [6.07, 6.45) is 6.44. The first-order chi connectivity index (χ1) is 13.4. The van der Waals surface area contributed by atoms with E-state index in [9.17, 15) is 23.6 Å². The zero-order valence-electron chi connectivity index (χ0n) is 15.0. The molecule has 1 N–H and O–H groups in total. The minimum Gasteiger partial charge on any atom is -0.495 e. The molecule has 0 fully saturated rings. The summed E-state index contributed by atoms with van der Waals surface area (Å²) in [5, 5.41) is 18.4. The molecule has 142 valence electrons. The highest BCUT2D eigenvalue weighted by molar-refractivity contribution is 7.90. The van der Waals surface area contributed by atoms with E-state index in [1.165, 1.54) is 19.2 Å². The van der Waals surface area contributed by atoms with Gasteiger partial charge in [-0.25, -0.2) is 13.2 Å². The van der Waals surface area contributed by atoms with E-state index in [4.69, 9.17) is 4.74 Å².